The molecule has 0 aliphatic carbocycles. The molecular formula is C5H8ClF5OS. The molecule has 8 heteroatoms. The Balaban J connectivity index is 5.23. The summed E-state index contributed by atoms with van der Waals surface area (Å²) in [7, 11) is -9.63. The molecule has 0 radical (unpaired) electrons. The van der Waals surface area contributed by atoms with Crippen molar-refractivity contribution in [2.24, 2.45) is 0 Å². The maximum atomic E-state index is 12.0. The third-order valence-electron chi connectivity index (χ3n) is 1.13. The van der Waals surface area contributed by atoms with E-state index in [-0.39, 0.29) is 13.5 Å². The lowest BCUT2D eigenvalue weighted by Gasteiger charge is -2.41. The molecule has 0 aromatic heterocycles. The summed E-state index contributed by atoms with van der Waals surface area (Å²) in [5.74, 6) is 0. The summed E-state index contributed by atoms with van der Waals surface area (Å²) in [6.07, 6.45) is 0. The normalized spacial score (nSPS) is 20.0. The van der Waals surface area contributed by atoms with Crippen LogP contribution in [0.4, 0.5) is 19.4 Å². The van der Waals surface area contributed by atoms with E-state index in [1.165, 1.54) is 6.92 Å². The van der Waals surface area contributed by atoms with Crippen LogP contribution in [0, 0.1) is 0 Å². The monoisotopic (exact) mass is 246 g/mol. The third kappa shape index (κ3) is 4.04. The van der Waals surface area contributed by atoms with Crippen molar-refractivity contribution in [1.82, 2.24) is 0 Å². The van der Waals surface area contributed by atoms with Gasteiger partial charge in [0.2, 0.25) is 5.22 Å². The van der Waals surface area contributed by atoms with Gasteiger partial charge in [0.15, 0.2) is 0 Å². The van der Waals surface area contributed by atoms with Gasteiger partial charge in [-0.3, -0.25) is 0 Å². The molecule has 0 bridgehead atoms. The van der Waals surface area contributed by atoms with Crippen LogP contribution in [0.25, 0.3) is 0 Å². The zero-order chi connectivity index (χ0) is 11.0. The predicted octanol–water partition coefficient (Wildman–Crippen LogP) is 4.75. The van der Waals surface area contributed by atoms with E-state index < -0.39 is 20.3 Å². The fourth-order valence-electron chi connectivity index (χ4n) is 0.380. The van der Waals surface area contributed by atoms with E-state index in [4.69, 9.17) is 11.6 Å². The number of allylic oxidation sites excluding steroid dienone is 1. The van der Waals surface area contributed by atoms with Crippen LogP contribution in [0.2, 0.25) is 0 Å². The second-order valence-electron chi connectivity index (χ2n) is 2.23. The van der Waals surface area contributed by atoms with Gasteiger partial charge < -0.3 is 4.74 Å². The molecule has 0 saturated heterocycles. The Hall–Kier alpha value is -0.170. The predicted molar refractivity (Wildman–Crippen MR) is 43.3 cm³/mol. The molecular weight excluding hydrogens is 239 g/mol. The number of rotatable bonds is 3. The summed E-state index contributed by atoms with van der Waals surface area (Å²) in [5, 5.41) is -1.30. The van der Waals surface area contributed by atoms with Crippen molar-refractivity contribution < 1.29 is 24.2 Å². The van der Waals surface area contributed by atoms with E-state index in [1.807, 2.05) is 0 Å². The number of halogens is 6. The van der Waals surface area contributed by atoms with Crippen LogP contribution in [0.5, 0.6) is 0 Å². The van der Waals surface area contributed by atoms with Crippen molar-refractivity contribution in [3.63, 3.8) is 0 Å². The highest BCUT2D eigenvalue weighted by Gasteiger charge is 2.67. The molecule has 0 atom stereocenters. The van der Waals surface area contributed by atoms with Gasteiger partial charge >= 0.3 is 10.2 Å². The summed E-state index contributed by atoms with van der Waals surface area (Å²) >= 11 is 4.88. The Kier molecular flexibility index (Phi) is 2.63. The molecule has 13 heavy (non-hydrogen) atoms. The first-order valence-corrected chi connectivity index (χ1v) is 5.44. The van der Waals surface area contributed by atoms with Crippen LogP contribution in [-0.4, -0.2) is 6.61 Å². The fourth-order valence-corrected chi connectivity index (χ4v) is 1.29. The molecule has 0 N–H and O–H groups in total. The smallest absolute Gasteiger partial charge is 0.311 e. The van der Waals surface area contributed by atoms with Gasteiger partial charge in [0.05, 0.1) is 6.61 Å². The minimum Gasteiger partial charge on any atom is -0.482 e. The van der Waals surface area contributed by atoms with Crippen molar-refractivity contribution in [2.45, 2.75) is 13.8 Å². The molecule has 82 valence electrons. The lowest BCUT2D eigenvalue weighted by molar-refractivity contribution is 0.250. The van der Waals surface area contributed by atoms with Crippen molar-refractivity contribution in [2.75, 3.05) is 6.61 Å². The summed E-state index contributed by atoms with van der Waals surface area (Å²) in [4.78, 5) is -2.15. The van der Waals surface area contributed by atoms with Crippen molar-refractivity contribution >= 4 is 21.8 Å². The summed E-state index contributed by atoms with van der Waals surface area (Å²) in [6.45, 7) is 1.32. The quantitative estimate of drug-likeness (QED) is 0.516. The number of hydrogen-bond acceptors (Lipinski definition) is 1. The molecule has 0 unspecified atom stereocenters. The summed E-state index contributed by atoms with van der Waals surface area (Å²) in [6, 6.07) is 0. The van der Waals surface area contributed by atoms with Crippen LogP contribution in [0.1, 0.15) is 13.8 Å². The maximum Gasteiger partial charge on any atom is 0.311 e. The van der Waals surface area contributed by atoms with E-state index >= 15 is 0 Å². The number of ether oxygens (including phenoxy) is 1. The van der Waals surface area contributed by atoms with Crippen LogP contribution in [-0.2, 0) is 4.74 Å². The first-order valence-electron chi connectivity index (χ1n) is 3.11. The van der Waals surface area contributed by atoms with E-state index in [0.29, 0.717) is 0 Å². The van der Waals surface area contributed by atoms with E-state index in [0.717, 1.165) is 0 Å². The van der Waals surface area contributed by atoms with Crippen LogP contribution in [0.3, 0.4) is 0 Å². The molecule has 0 aliphatic rings. The van der Waals surface area contributed by atoms with Gasteiger partial charge in [-0.25, -0.2) is 0 Å². The zero-order valence-electron chi connectivity index (χ0n) is 6.79. The average Bonchev–Trinajstić information content (AvgIpc) is 1.81. The minimum absolute atomic E-state index is 0.194. The van der Waals surface area contributed by atoms with Crippen molar-refractivity contribution in [3.8, 4) is 0 Å². The second kappa shape index (κ2) is 2.66. The van der Waals surface area contributed by atoms with Gasteiger partial charge in [0.1, 0.15) is 4.91 Å². The summed E-state index contributed by atoms with van der Waals surface area (Å²) < 4.78 is 63.9. The number of hydrogen-bond donors (Lipinski definition) is 0. The fraction of sp³-hybridized carbons (Fsp3) is 0.600. The van der Waals surface area contributed by atoms with Crippen molar-refractivity contribution in [3.05, 3.63) is 10.1 Å². The van der Waals surface area contributed by atoms with Crippen LogP contribution in [0.15, 0.2) is 10.1 Å². The topological polar surface area (TPSA) is 9.23 Å². The Morgan fingerprint density at radius 3 is 1.85 bits per heavy atom. The van der Waals surface area contributed by atoms with E-state index in [1.54, 1.807) is 0 Å². The molecule has 0 spiro atoms. The van der Waals surface area contributed by atoms with E-state index in [2.05, 4.69) is 4.74 Å². The molecule has 0 heterocycles. The largest absolute Gasteiger partial charge is 0.482 e. The maximum absolute atomic E-state index is 12.0. The average molecular weight is 247 g/mol. The van der Waals surface area contributed by atoms with Crippen molar-refractivity contribution in [1.29, 1.82) is 0 Å². The van der Waals surface area contributed by atoms with Crippen LogP contribution >= 0.6 is 21.8 Å². The molecule has 0 rings (SSSR count). The molecule has 1 nitrogen and oxygen atoms in total. The molecule has 0 aliphatic heterocycles. The summed E-state index contributed by atoms with van der Waals surface area (Å²) in [5.41, 5.74) is 0. The first-order chi connectivity index (χ1) is 5.38. The Morgan fingerprint density at radius 2 is 1.62 bits per heavy atom. The Bertz CT molecular complexity index is 241. The molecule has 0 amide bonds. The first kappa shape index (κ1) is 12.8. The molecule has 0 saturated carbocycles. The molecule has 0 aromatic rings. The lowest BCUT2D eigenvalue weighted by atomic mass is 10.7. The highest BCUT2D eigenvalue weighted by Crippen LogP contribution is 3.02. The van der Waals surface area contributed by atoms with Gasteiger partial charge in [-0.2, -0.15) is 0 Å². The Labute approximate surface area is 77.2 Å². The highest BCUT2D eigenvalue weighted by molar-refractivity contribution is 8.48. The van der Waals surface area contributed by atoms with Crippen LogP contribution < -0.4 is 0 Å². The lowest BCUT2D eigenvalue weighted by Crippen LogP contribution is -2.08. The van der Waals surface area contributed by atoms with Gasteiger partial charge in [0, 0.05) is 0 Å². The minimum atomic E-state index is -9.63. The van der Waals surface area contributed by atoms with Gasteiger partial charge in [-0.15, -0.1) is 0 Å². The highest BCUT2D eigenvalue weighted by atomic mass is 35.5. The molecule has 0 aromatic carbocycles. The van der Waals surface area contributed by atoms with Gasteiger partial charge in [-0.1, -0.05) is 19.4 Å². The SMILES string of the molecule is CCO/C(Cl)=C(\C)S(F)(F)(F)(F)F. The second-order valence-corrected chi connectivity index (χ2v) is 5.13. The Morgan fingerprint density at radius 1 is 1.23 bits per heavy atom. The zero-order valence-corrected chi connectivity index (χ0v) is 8.36. The van der Waals surface area contributed by atoms with Gasteiger partial charge in [-0.05, 0) is 25.4 Å². The van der Waals surface area contributed by atoms with E-state index in [9.17, 15) is 19.4 Å². The standard InChI is InChI=1S/C5H8ClF5OS/c1-3-12-5(6)4(2)13(7,8,9,10)11/h3H2,1-2H3/b5-4+. The van der Waals surface area contributed by atoms with Gasteiger partial charge in [0.25, 0.3) is 0 Å². The third-order valence-corrected chi connectivity index (χ3v) is 2.97. The molecule has 0 fully saturated rings.